The first-order valence-electron chi connectivity index (χ1n) is 4.47. The molecule has 5 nitrogen and oxygen atoms in total. The molecular formula is C11H17NO4. The van der Waals surface area contributed by atoms with Crippen LogP contribution in [0.4, 0.5) is 0 Å². The van der Waals surface area contributed by atoms with E-state index in [0.29, 0.717) is 24.4 Å². The molecule has 0 aromatic carbocycles. The molecule has 0 aromatic heterocycles. The summed E-state index contributed by atoms with van der Waals surface area (Å²) in [4.78, 5) is 10.7. The second-order valence-corrected chi connectivity index (χ2v) is 3.23. The Morgan fingerprint density at radius 1 is 1.56 bits per heavy atom. The first-order chi connectivity index (χ1) is 6.97. The van der Waals surface area contributed by atoms with Crippen molar-refractivity contribution in [2.75, 3.05) is 13.2 Å². The van der Waals surface area contributed by atoms with Gasteiger partial charge in [0.2, 0.25) is 0 Å². The van der Waals surface area contributed by atoms with Gasteiger partial charge in [-0.25, -0.2) is 4.79 Å². The van der Waals surface area contributed by atoms with Gasteiger partial charge in [0.05, 0.1) is 12.7 Å². The van der Waals surface area contributed by atoms with Crippen LogP contribution in [0.5, 0.6) is 0 Å². The van der Waals surface area contributed by atoms with Crippen LogP contribution in [0, 0.1) is 11.3 Å². The number of hydrogen-bond donors (Lipinski definition) is 0. The lowest BCUT2D eigenvalue weighted by Gasteiger charge is -1.99. The summed E-state index contributed by atoms with van der Waals surface area (Å²) in [5.41, 5.74) is 0.991. The van der Waals surface area contributed by atoms with Crippen molar-refractivity contribution in [3.63, 3.8) is 0 Å². The van der Waals surface area contributed by atoms with Crippen LogP contribution < -0.4 is 0 Å². The Kier molecular flexibility index (Phi) is 9.07. The fraction of sp³-hybridized carbons (Fsp3) is 0.455. The number of hydrogen-bond acceptors (Lipinski definition) is 4. The van der Waals surface area contributed by atoms with Gasteiger partial charge >= 0.3 is 5.97 Å². The van der Waals surface area contributed by atoms with Crippen LogP contribution in [-0.4, -0.2) is 30.8 Å². The Morgan fingerprint density at radius 2 is 2.00 bits per heavy atom. The molecule has 1 aliphatic rings. The molecule has 1 atom stereocenters. The Balaban J connectivity index is 0. The molecule has 1 unspecified atom stereocenters. The molecule has 0 aliphatic carbocycles. The number of ether oxygens (including phenoxy) is 2. The fourth-order valence-electron chi connectivity index (χ4n) is 0.456. The van der Waals surface area contributed by atoms with Gasteiger partial charge in [-0.1, -0.05) is 13.2 Å². The van der Waals surface area contributed by atoms with E-state index in [1.165, 1.54) is 0 Å². The second-order valence-electron chi connectivity index (χ2n) is 3.23. The van der Waals surface area contributed by atoms with Crippen molar-refractivity contribution in [1.29, 1.82) is 5.26 Å². The van der Waals surface area contributed by atoms with Crippen molar-refractivity contribution in [3.05, 3.63) is 24.3 Å². The highest BCUT2D eigenvalue weighted by Crippen LogP contribution is 2.09. The predicted molar refractivity (Wildman–Crippen MR) is 59.6 cm³/mol. The molecule has 5 heteroatoms. The number of allylic oxidation sites excluding steroid dienone is 1. The van der Waals surface area contributed by atoms with Gasteiger partial charge in [0.1, 0.15) is 12.7 Å². The summed E-state index contributed by atoms with van der Waals surface area (Å²) in [5.74, 6) is -0.337. The van der Waals surface area contributed by atoms with Gasteiger partial charge in [0, 0.05) is 11.1 Å². The van der Waals surface area contributed by atoms with E-state index in [2.05, 4.69) is 13.2 Å². The van der Waals surface area contributed by atoms with Gasteiger partial charge in [-0.15, -0.1) is 0 Å². The molecule has 1 heterocycles. The monoisotopic (exact) mass is 227 g/mol. The first kappa shape index (κ1) is 16.8. The third kappa shape index (κ3) is 10.4. The molecule has 0 radical (unpaired) electrons. The van der Waals surface area contributed by atoms with Gasteiger partial charge in [-0.05, 0) is 13.8 Å². The lowest BCUT2D eigenvalue weighted by molar-refractivity contribution is -0.139. The minimum Gasteiger partial charge on any atom is -0.459 e. The molecule has 1 rings (SSSR count). The van der Waals surface area contributed by atoms with E-state index < -0.39 is 0 Å². The third-order valence-electron chi connectivity index (χ3n) is 1.34. The highest BCUT2D eigenvalue weighted by Gasteiger charge is 2.24. The third-order valence-corrected chi connectivity index (χ3v) is 1.34. The van der Waals surface area contributed by atoms with E-state index in [0.717, 1.165) is 0 Å². The summed E-state index contributed by atoms with van der Waals surface area (Å²) in [6, 6.07) is 1.83. The zero-order chi connectivity index (χ0) is 11.8. The topological polar surface area (TPSA) is 94.1 Å². The van der Waals surface area contributed by atoms with Crippen molar-refractivity contribution < 1.29 is 19.7 Å². The Hall–Kier alpha value is -1.64. The molecule has 0 saturated carbocycles. The zero-order valence-electron chi connectivity index (χ0n) is 9.58. The van der Waals surface area contributed by atoms with Crippen LogP contribution in [0.15, 0.2) is 24.3 Å². The largest absolute Gasteiger partial charge is 0.459 e. The number of esters is 1. The van der Waals surface area contributed by atoms with Gasteiger partial charge in [-0.3, -0.25) is 0 Å². The number of carbonyl (C=O) groups excluding carboxylic acids is 1. The van der Waals surface area contributed by atoms with E-state index in [4.69, 9.17) is 14.7 Å². The van der Waals surface area contributed by atoms with Gasteiger partial charge in [0.15, 0.2) is 0 Å². The van der Waals surface area contributed by atoms with E-state index in [1.54, 1.807) is 13.8 Å². The molecule has 90 valence electrons. The quantitative estimate of drug-likeness (QED) is 0.308. The smallest absolute Gasteiger partial charge is 0.333 e. The van der Waals surface area contributed by atoms with Crippen LogP contribution in [0.1, 0.15) is 13.8 Å². The van der Waals surface area contributed by atoms with Crippen molar-refractivity contribution in [3.8, 4) is 6.07 Å². The van der Waals surface area contributed by atoms with Crippen LogP contribution in [-0.2, 0) is 14.3 Å². The molecule has 0 amide bonds. The highest BCUT2D eigenvalue weighted by atomic mass is 16.6. The fourth-order valence-corrected chi connectivity index (χ4v) is 0.456. The normalized spacial score (nSPS) is 15.4. The van der Waals surface area contributed by atoms with E-state index >= 15 is 0 Å². The average Bonchev–Trinajstić information content (AvgIpc) is 2.98. The Bertz CT molecular complexity index is 300. The lowest BCUT2D eigenvalue weighted by Crippen LogP contribution is -2.09. The molecule has 0 aromatic rings. The van der Waals surface area contributed by atoms with Crippen LogP contribution in [0.25, 0.3) is 0 Å². The maximum atomic E-state index is 10.7. The summed E-state index contributed by atoms with van der Waals surface area (Å²) >= 11 is 0. The van der Waals surface area contributed by atoms with Crippen molar-refractivity contribution in [2.24, 2.45) is 0 Å². The summed E-state index contributed by atoms with van der Waals surface area (Å²) < 4.78 is 9.60. The summed E-state index contributed by atoms with van der Waals surface area (Å²) in [5, 5.41) is 7.79. The van der Waals surface area contributed by atoms with Gasteiger partial charge < -0.3 is 14.9 Å². The predicted octanol–water partition coefficient (Wildman–Crippen LogP) is 0.766. The molecule has 0 bridgehead atoms. The zero-order valence-corrected chi connectivity index (χ0v) is 9.58. The first-order valence-corrected chi connectivity index (χ1v) is 4.47. The standard InChI is InChI=1S/C7H10O3.C4H5N.H2O/c1-5(2)7(8)10-4-6-3-9-6;1-4(2)3-5;/h6H,1,3-4H2,2H3;1H2,2H3;1H2. The van der Waals surface area contributed by atoms with E-state index in [-0.39, 0.29) is 17.5 Å². The molecule has 0 spiro atoms. The van der Waals surface area contributed by atoms with Crippen molar-refractivity contribution in [2.45, 2.75) is 20.0 Å². The van der Waals surface area contributed by atoms with E-state index in [1.807, 2.05) is 6.07 Å². The van der Waals surface area contributed by atoms with Crippen molar-refractivity contribution in [1.82, 2.24) is 0 Å². The number of nitrogens with zero attached hydrogens (tertiary/aromatic N) is 1. The average molecular weight is 227 g/mol. The van der Waals surface area contributed by atoms with Crippen LogP contribution >= 0.6 is 0 Å². The summed E-state index contributed by atoms with van der Waals surface area (Å²) in [6.07, 6.45) is 0.142. The SMILES string of the molecule is C=C(C)C#N.C=C(C)C(=O)OCC1CO1.O. The molecule has 2 N–H and O–H groups in total. The van der Waals surface area contributed by atoms with Gasteiger partial charge in [-0.2, -0.15) is 5.26 Å². The molecule has 1 aliphatic heterocycles. The van der Waals surface area contributed by atoms with Gasteiger partial charge in [0.25, 0.3) is 0 Å². The molecule has 1 fully saturated rings. The minimum atomic E-state index is -0.337. The van der Waals surface area contributed by atoms with E-state index in [9.17, 15) is 4.79 Å². The summed E-state index contributed by atoms with van der Waals surface area (Å²) in [6.45, 7) is 11.1. The number of epoxide rings is 1. The molecular weight excluding hydrogens is 210 g/mol. The molecule has 1 saturated heterocycles. The maximum absolute atomic E-state index is 10.7. The lowest BCUT2D eigenvalue weighted by atomic mass is 10.4. The number of nitriles is 1. The van der Waals surface area contributed by atoms with Crippen molar-refractivity contribution >= 4 is 5.97 Å². The minimum absolute atomic E-state index is 0. The molecule has 16 heavy (non-hydrogen) atoms. The maximum Gasteiger partial charge on any atom is 0.333 e. The van der Waals surface area contributed by atoms with Crippen LogP contribution in [0.3, 0.4) is 0 Å². The Morgan fingerprint density at radius 3 is 2.25 bits per heavy atom. The highest BCUT2D eigenvalue weighted by molar-refractivity contribution is 5.86. The number of rotatable bonds is 3. The summed E-state index contributed by atoms with van der Waals surface area (Å²) in [7, 11) is 0. The van der Waals surface area contributed by atoms with Crippen LogP contribution in [0.2, 0.25) is 0 Å². The number of carbonyl (C=O) groups is 1. The second kappa shape index (κ2) is 8.65. The Labute approximate surface area is 95.3 Å².